The number of aromatic nitrogens is 4. The number of aryl methyl sites for hydroxylation is 2. The fourth-order valence-corrected chi connectivity index (χ4v) is 4.30. The van der Waals surface area contributed by atoms with E-state index in [0.29, 0.717) is 21.9 Å². The van der Waals surface area contributed by atoms with E-state index in [1.807, 2.05) is 63.6 Å². The average molecular weight is 448 g/mol. The Hall–Kier alpha value is -2.59. The highest BCUT2D eigenvalue weighted by Gasteiger charge is 2.22. The van der Waals surface area contributed by atoms with Crippen LogP contribution in [0, 0.1) is 13.8 Å². The van der Waals surface area contributed by atoms with Crippen LogP contribution in [0.5, 0.6) is 11.5 Å². The maximum atomic E-state index is 12.5. The topological polar surface area (TPSA) is 91.2 Å². The molecule has 0 fully saturated rings. The molecule has 1 amide bonds. The third-order valence-corrected chi connectivity index (χ3v) is 6.62. The zero-order valence-electron chi connectivity index (χ0n) is 17.8. The Labute approximate surface area is 184 Å². The average Bonchev–Trinajstić information content (AvgIpc) is 3.23. The molecule has 0 aliphatic carbocycles. The summed E-state index contributed by atoms with van der Waals surface area (Å²) in [6.45, 7) is 7.64. The number of hydrogen-bond acceptors (Lipinski definition) is 8. The quantitative estimate of drug-likeness (QED) is 0.519. The predicted molar refractivity (Wildman–Crippen MR) is 119 cm³/mol. The summed E-state index contributed by atoms with van der Waals surface area (Å²) in [7, 11) is 3.48. The van der Waals surface area contributed by atoms with Gasteiger partial charge < -0.3 is 19.4 Å². The zero-order chi connectivity index (χ0) is 21.8. The lowest BCUT2D eigenvalue weighted by atomic mass is 10.3. The molecule has 3 rings (SSSR count). The Morgan fingerprint density at radius 1 is 1.23 bits per heavy atom. The first kappa shape index (κ1) is 22.1. The van der Waals surface area contributed by atoms with Gasteiger partial charge in [0.05, 0.1) is 18.1 Å². The van der Waals surface area contributed by atoms with Crippen molar-refractivity contribution in [2.45, 2.75) is 44.2 Å². The minimum Gasteiger partial charge on any atom is -0.497 e. The second kappa shape index (κ2) is 9.48. The lowest BCUT2D eigenvalue weighted by Crippen LogP contribution is -2.22. The number of hydrogen-bond donors (Lipinski definition) is 1. The first-order valence-corrected chi connectivity index (χ1v) is 11.1. The first-order valence-electron chi connectivity index (χ1n) is 9.40. The molecule has 1 aromatic carbocycles. The van der Waals surface area contributed by atoms with Crippen LogP contribution in [0.15, 0.2) is 29.4 Å². The number of nitrogens with one attached hydrogen (secondary N) is 1. The number of thiazole rings is 1. The van der Waals surface area contributed by atoms with Crippen LogP contribution in [-0.4, -0.2) is 38.0 Å². The molecule has 0 aliphatic rings. The minimum atomic E-state index is -0.361. The van der Waals surface area contributed by atoms with Crippen molar-refractivity contribution in [3.63, 3.8) is 0 Å². The van der Waals surface area contributed by atoms with E-state index in [1.54, 1.807) is 7.11 Å². The van der Waals surface area contributed by atoms with Gasteiger partial charge in [-0.3, -0.25) is 4.79 Å². The Kier molecular flexibility index (Phi) is 6.99. The van der Waals surface area contributed by atoms with Crippen molar-refractivity contribution in [2.75, 3.05) is 12.4 Å². The van der Waals surface area contributed by atoms with Gasteiger partial charge in [-0.2, -0.15) is 0 Å². The molecule has 0 radical (unpaired) electrons. The molecule has 0 spiro atoms. The van der Waals surface area contributed by atoms with Gasteiger partial charge in [0.25, 0.3) is 0 Å². The summed E-state index contributed by atoms with van der Waals surface area (Å²) in [5.41, 5.74) is 0.929. The van der Waals surface area contributed by atoms with Gasteiger partial charge in [0.2, 0.25) is 5.91 Å². The maximum absolute atomic E-state index is 12.5. The van der Waals surface area contributed by atoms with Crippen molar-refractivity contribution < 1.29 is 14.3 Å². The number of carbonyl (C=O) groups excluding carboxylic acids is 1. The molecule has 0 aliphatic heterocycles. The van der Waals surface area contributed by atoms with Gasteiger partial charge in [0.1, 0.15) is 11.5 Å². The van der Waals surface area contributed by atoms with Gasteiger partial charge in [-0.25, -0.2) is 4.98 Å². The molecule has 1 N–H and O–H groups in total. The molecule has 10 heteroatoms. The standard InChI is InChI=1S/C20H25N5O3S2/c1-11-13(3)29-19(21-11)22-18(26)14(4)30-20-24-23-17(25(20)5)12(2)28-16-9-7-8-15(10-16)27-6/h7-10,12,14H,1-6H3,(H,21,22,26). The number of thioether (sulfide) groups is 1. The Bertz CT molecular complexity index is 1010. The van der Waals surface area contributed by atoms with Crippen LogP contribution in [0.1, 0.15) is 36.3 Å². The summed E-state index contributed by atoms with van der Waals surface area (Å²) in [5, 5.41) is 12.3. The van der Waals surface area contributed by atoms with Gasteiger partial charge >= 0.3 is 0 Å². The third-order valence-electron chi connectivity index (χ3n) is 4.50. The summed E-state index contributed by atoms with van der Waals surface area (Å²) in [5.74, 6) is 1.94. The van der Waals surface area contributed by atoms with Crippen molar-refractivity contribution >= 4 is 34.1 Å². The molecule has 0 saturated heterocycles. The van der Waals surface area contributed by atoms with Crippen molar-refractivity contribution in [2.24, 2.45) is 7.05 Å². The van der Waals surface area contributed by atoms with E-state index in [0.717, 1.165) is 16.3 Å². The molecule has 3 aromatic rings. The molecular formula is C20H25N5O3S2. The molecule has 2 aromatic heterocycles. The largest absolute Gasteiger partial charge is 0.497 e. The molecule has 2 unspecified atom stereocenters. The number of anilines is 1. The van der Waals surface area contributed by atoms with E-state index < -0.39 is 0 Å². The second-order valence-corrected chi connectivity index (χ2v) is 9.26. The maximum Gasteiger partial charge on any atom is 0.239 e. The highest BCUT2D eigenvalue weighted by atomic mass is 32.2. The summed E-state index contributed by atoms with van der Waals surface area (Å²) < 4.78 is 13.1. The number of rotatable bonds is 8. The molecule has 2 heterocycles. The van der Waals surface area contributed by atoms with E-state index >= 15 is 0 Å². The fraction of sp³-hybridized carbons (Fsp3) is 0.400. The third kappa shape index (κ3) is 5.11. The van der Waals surface area contributed by atoms with Gasteiger partial charge in [0, 0.05) is 18.0 Å². The van der Waals surface area contributed by atoms with E-state index in [1.165, 1.54) is 23.1 Å². The molecule has 2 atom stereocenters. The lowest BCUT2D eigenvalue weighted by molar-refractivity contribution is -0.115. The molecule has 0 saturated carbocycles. The molecule has 30 heavy (non-hydrogen) atoms. The van der Waals surface area contributed by atoms with Gasteiger partial charge in [-0.15, -0.1) is 21.5 Å². The minimum absolute atomic E-state index is 0.126. The van der Waals surface area contributed by atoms with E-state index in [2.05, 4.69) is 20.5 Å². The van der Waals surface area contributed by atoms with Crippen LogP contribution in [0.25, 0.3) is 0 Å². The van der Waals surface area contributed by atoms with Crippen molar-refractivity contribution in [3.05, 3.63) is 40.7 Å². The van der Waals surface area contributed by atoms with Crippen LogP contribution >= 0.6 is 23.1 Å². The van der Waals surface area contributed by atoms with Crippen LogP contribution in [-0.2, 0) is 11.8 Å². The zero-order valence-corrected chi connectivity index (χ0v) is 19.4. The van der Waals surface area contributed by atoms with E-state index in [-0.39, 0.29) is 17.3 Å². The Morgan fingerprint density at radius 3 is 2.63 bits per heavy atom. The SMILES string of the molecule is COc1cccc(OC(C)c2nnc(SC(C)C(=O)Nc3nc(C)c(C)s3)n2C)c1. The first-order chi connectivity index (χ1) is 14.3. The number of carbonyl (C=O) groups is 1. The Balaban J connectivity index is 1.64. The second-order valence-electron chi connectivity index (χ2n) is 6.75. The van der Waals surface area contributed by atoms with Crippen molar-refractivity contribution in [1.29, 1.82) is 0 Å². The van der Waals surface area contributed by atoms with Crippen molar-refractivity contribution in [3.8, 4) is 11.5 Å². The normalized spacial score (nSPS) is 13.0. The Morgan fingerprint density at radius 2 is 1.97 bits per heavy atom. The molecular weight excluding hydrogens is 422 g/mol. The highest BCUT2D eigenvalue weighted by Crippen LogP contribution is 2.28. The number of benzene rings is 1. The molecule has 8 nitrogen and oxygen atoms in total. The summed E-state index contributed by atoms with van der Waals surface area (Å²) >= 11 is 2.81. The smallest absolute Gasteiger partial charge is 0.239 e. The summed E-state index contributed by atoms with van der Waals surface area (Å²) in [4.78, 5) is 18.0. The van der Waals surface area contributed by atoms with Crippen LogP contribution in [0.4, 0.5) is 5.13 Å². The molecule has 0 bridgehead atoms. The summed E-state index contributed by atoms with van der Waals surface area (Å²) in [6, 6.07) is 7.40. The van der Waals surface area contributed by atoms with Gasteiger partial charge in [0.15, 0.2) is 22.2 Å². The van der Waals surface area contributed by atoms with Crippen LogP contribution < -0.4 is 14.8 Å². The molecule has 160 valence electrons. The predicted octanol–water partition coefficient (Wildman–Crippen LogP) is 4.16. The van der Waals surface area contributed by atoms with Gasteiger partial charge in [-0.1, -0.05) is 17.8 Å². The summed E-state index contributed by atoms with van der Waals surface area (Å²) in [6.07, 6.45) is -0.325. The fourth-order valence-electron chi connectivity index (χ4n) is 2.66. The van der Waals surface area contributed by atoms with E-state index in [9.17, 15) is 4.79 Å². The van der Waals surface area contributed by atoms with Crippen LogP contribution in [0.3, 0.4) is 0 Å². The number of methoxy groups -OCH3 is 1. The number of nitrogens with zero attached hydrogens (tertiary/aromatic N) is 4. The van der Waals surface area contributed by atoms with Crippen LogP contribution in [0.2, 0.25) is 0 Å². The lowest BCUT2D eigenvalue weighted by Gasteiger charge is -2.15. The number of ether oxygens (including phenoxy) is 2. The monoisotopic (exact) mass is 447 g/mol. The number of amides is 1. The highest BCUT2D eigenvalue weighted by molar-refractivity contribution is 8.00. The van der Waals surface area contributed by atoms with Crippen molar-refractivity contribution in [1.82, 2.24) is 19.7 Å². The van der Waals surface area contributed by atoms with Gasteiger partial charge in [-0.05, 0) is 39.8 Å². The van der Waals surface area contributed by atoms with E-state index in [4.69, 9.17) is 9.47 Å².